The van der Waals surface area contributed by atoms with Crippen molar-refractivity contribution in [1.29, 1.82) is 0 Å². The molecule has 0 aliphatic rings. The van der Waals surface area contributed by atoms with Crippen molar-refractivity contribution in [2.24, 2.45) is 5.73 Å². The average Bonchev–Trinajstić information content (AvgIpc) is 2.61. The molecule has 2 aromatic carbocycles. The highest BCUT2D eigenvalue weighted by atomic mass is 16.6. The molecule has 0 aliphatic carbocycles. The summed E-state index contributed by atoms with van der Waals surface area (Å²) in [4.78, 5) is 33.6. The Morgan fingerprint density at radius 2 is 1.81 bits per heavy atom. The van der Waals surface area contributed by atoms with Crippen molar-refractivity contribution < 1.29 is 24.0 Å². The molecule has 0 aromatic heterocycles. The highest BCUT2D eigenvalue weighted by Gasteiger charge is 2.19. The molecule has 0 saturated carbocycles. The Hall–Kier alpha value is -3.62. The minimum atomic E-state index is -0.957. The topological polar surface area (TPSA) is 134 Å². The summed E-state index contributed by atoms with van der Waals surface area (Å²) in [7, 11) is 1.39. The molecule has 26 heavy (non-hydrogen) atoms. The summed E-state index contributed by atoms with van der Waals surface area (Å²) >= 11 is 0. The van der Waals surface area contributed by atoms with Crippen molar-refractivity contribution in [3.05, 3.63) is 58.1 Å². The fourth-order valence-corrected chi connectivity index (χ4v) is 2.08. The van der Waals surface area contributed by atoms with Crippen LogP contribution in [0.5, 0.6) is 11.5 Å². The normalized spacial score (nSPS) is 11.3. The summed E-state index contributed by atoms with van der Waals surface area (Å²) in [5.41, 5.74) is 5.73. The number of benzene rings is 2. The number of nitrogens with zero attached hydrogens (tertiary/aromatic N) is 1. The Labute approximate surface area is 148 Å². The van der Waals surface area contributed by atoms with E-state index < -0.39 is 22.8 Å². The number of nitro benzene ring substituents is 1. The summed E-state index contributed by atoms with van der Waals surface area (Å²) in [6.07, 6.45) is -0.957. The number of nitrogens with one attached hydrogen (secondary N) is 1. The number of carbonyl (C=O) groups excluding carboxylic acids is 2. The Morgan fingerprint density at radius 3 is 2.35 bits per heavy atom. The van der Waals surface area contributed by atoms with E-state index >= 15 is 0 Å². The molecule has 2 amide bonds. The number of rotatable bonds is 7. The van der Waals surface area contributed by atoms with E-state index in [-0.39, 0.29) is 17.2 Å². The summed E-state index contributed by atoms with van der Waals surface area (Å²) < 4.78 is 10.6. The Morgan fingerprint density at radius 1 is 1.15 bits per heavy atom. The van der Waals surface area contributed by atoms with Gasteiger partial charge in [0.2, 0.25) is 5.91 Å². The van der Waals surface area contributed by atoms with Gasteiger partial charge in [-0.25, -0.2) is 0 Å². The quantitative estimate of drug-likeness (QED) is 0.574. The van der Waals surface area contributed by atoms with Gasteiger partial charge >= 0.3 is 0 Å². The lowest BCUT2D eigenvalue weighted by atomic mass is 10.2. The van der Waals surface area contributed by atoms with Gasteiger partial charge in [0.15, 0.2) is 17.6 Å². The Kier molecular flexibility index (Phi) is 5.74. The molecule has 2 aromatic rings. The number of methoxy groups -OCH3 is 1. The number of non-ortho nitro benzene ring substituents is 1. The molecular formula is C17H17N3O6. The highest BCUT2D eigenvalue weighted by Crippen LogP contribution is 2.32. The molecule has 9 nitrogen and oxygen atoms in total. The zero-order chi connectivity index (χ0) is 19.3. The van der Waals surface area contributed by atoms with Gasteiger partial charge < -0.3 is 20.5 Å². The van der Waals surface area contributed by atoms with Crippen LogP contribution in [-0.4, -0.2) is 30.0 Å². The average molecular weight is 359 g/mol. The molecule has 136 valence electrons. The number of anilines is 1. The van der Waals surface area contributed by atoms with Gasteiger partial charge in [0.25, 0.3) is 11.6 Å². The number of primary amides is 1. The number of hydrogen-bond acceptors (Lipinski definition) is 6. The second-order valence-corrected chi connectivity index (χ2v) is 5.28. The number of nitro groups is 1. The monoisotopic (exact) mass is 359 g/mol. The molecule has 0 bridgehead atoms. The molecule has 9 heteroatoms. The first kappa shape index (κ1) is 18.7. The number of amides is 2. The van der Waals surface area contributed by atoms with Crippen LogP contribution >= 0.6 is 0 Å². The fourth-order valence-electron chi connectivity index (χ4n) is 2.08. The van der Waals surface area contributed by atoms with Gasteiger partial charge in [0.05, 0.1) is 18.1 Å². The molecule has 0 radical (unpaired) electrons. The molecule has 2 rings (SSSR count). The second kappa shape index (κ2) is 7.97. The van der Waals surface area contributed by atoms with Crippen molar-refractivity contribution in [2.45, 2.75) is 13.0 Å². The van der Waals surface area contributed by atoms with Gasteiger partial charge in [0, 0.05) is 17.3 Å². The smallest absolute Gasteiger partial charge is 0.273 e. The van der Waals surface area contributed by atoms with Crippen LogP contribution in [0, 0.1) is 10.1 Å². The number of hydrogen-bond donors (Lipinski definition) is 2. The third-order valence-electron chi connectivity index (χ3n) is 3.47. The van der Waals surface area contributed by atoms with E-state index in [0.717, 1.165) is 0 Å². The summed E-state index contributed by atoms with van der Waals surface area (Å²) in [6.45, 7) is 1.49. The molecule has 0 saturated heterocycles. The molecule has 3 N–H and O–H groups in total. The van der Waals surface area contributed by atoms with E-state index in [9.17, 15) is 19.7 Å². The van der Waals surface area contributed by atoms with Crippen LogP contribution < -0.4 is 20.5 Å². The van der Waals surface area contributed by atoms with Gasteiger partial charge in [-0.05, 0) is 37.3 Å². The zero-order valence-electron chi connectivity index (χ0n) is 14.1. The number of ether oxygens (including phenoxy) is 2. The summed E-state index contributed by atoms with van der Waals surface area (Å²) in [6, 6.07) is 9.86. The Bertz CT molecular complexity index is 835. The summed E-state index contributed by atoms with van der Waals surface area (Å²) in [5, 5.41) is 13.5. The van der Waals surface area contributed by atoms with Crippen LogP contribution in [0.2, 0.25) is 0 Å². The first-order valence-corrected chi connectivity index (χ1v) is 7.51. The number of nitrogens with two attached hydrogens (primary N) is 1. The van der Waals surface area contributed by atoms with Crippen LogP contribution in [0.15, 0.2) is 42.5 Å². The van der Waals surface area contributed by atoms with E-state index in [2.05, 4.69) is 5.32 Å². The zero-order valence-corrected chi connectivity index (χ0v) is 14.1. The molecule has 0 heterocycles. The lowest BCUT2D eigenvalue weighted by Gasteiger charge is -2.16. The predicted octanol–water partition coefficient (Wildman–Crippen LogP) is 2.11. The maximum Gasteiger partial charge on any atom is 0.273 e. The van der Waals surface area contributed by atoms with Gasteiger partial charge in [-0.2, -0.15) is 0 Å². The van der Waals surface area contributed by atoms with E-state index in [0.29, 0.717) is 11.3 Å². The van der Waals surface area contributed by atoms with Crippen LogP contribution in [0.25, 0.3) is 0 Å². The Balaban J connectivity index is 2.10. The van der Waals surface area contributed by atoms with Crippen molar-refractivity contribution in [3.63, 3.8) is 0 Å². The standard InChI is InChI=1S/C17H17N3O6/c1-10(17(22)19-12-5-3-11(4-6-12)16(18)21)26-15-9-13(20(23)24)7-8-14(15)25-2/h3-10H,1-2H3,(H2,18,21)(H,19,22)/t10-/m0/s1. The highest BCUT2D eigenvalue weighted by molar-refractivity contribution is 5.96. The maximum atomic E-state index is 12.3. The van der Waals surface area contributed by atoms with Gasteiger partial charge in [-0.15, -0.1) is 0 Å². The van der Waals surface area contributed by atoms with Crippen LogP contribution in [0.1, 0.15) is 17.3 Å². The maximum absolute atomic E-state index is 12.3. The predicted molar refractivity (Wildman–Crippen MR) is 93.3 cm³/mol. The van der Waals surface area contributed by atoms with Gasteiger partial charge in [-0.1, -0.05) is 0 Å². The SMILES string of the molecule is COc1ccc([N+](=O)[O-])cc1O[C@@H](C)C(=O)Nc1ccc(C(N)=O)cc1. The fraction of sp³-hybridized carbons (Fsp3) is 0.176. The molecule has 1 atom stereocenters. The third kappa shape index (κ3) is 4.47. The lowest BCUT2D eigenvalue weighted by Crippen LogP contribution is -2.30. The largest absolute Gasteiger partial charge is 0.493 e. The van der Waals surface area contributed by atoms with Gasteiger partial charge in [-0.3, -0.25) is 19.7 Å². The van der Waals surface area contributed by atoms with Crippen LogP contribution in [-0.2, 0) is 4.79 Å². The molecular weight excluding hydrogens is 342 g/mol. The third-order valence-corrected chi connectivity index (χ3v) is 3.47. The first-order chi connectivity index (χ1) is 12.3. The lowest BCUT2D eigenvalue weighted by molar-refractivity contribution is -0.385. The van der Waals surface area contributed by atoms with E-state index in [4.69, 9.17) is 15.2 Å². The molecule has 0 fully saturated rings. The van der Waals surface area contributed by atoms with Crippen molar-refractivity contribution in [3.8, 4) is 11.5 Å². The van der Waals surface area contributed by atoms with Crippen LogP contribution in [0.4, 0.5) is 11.4 Å². The van der Waals surface area contributed by atoms with Crippen molar-refractivity contribution in [2.75, 3.05) is 12.4 Å². The van der Waals surface area contributed by atoms with E-state index in [1.807, 2.05) is 0 Å². The summed E-state index contributed by atoms with van der Waals surface area (Å²) in [5.74, 6) is -0.711. The van der Waals surface area contributed by atoms with Crippen LogP contribution in [0.3, 0.4) is 0 Å². The number of carbonyl (C=O) groups is 2. The van der Waals surface area contributed by atoms with Gasteiger partial charge in [0.1, 0.15) is 0 Å². The van der Waals surface area contributed by atoms with E-state index in [1.165, 1.54) is 56.5 Å². The molecule has 0 aliphatic heterocycles. The van der Waals surface area contributed by atoms with Crippen molar-refractivity contribution >= 4 is 23.2 Å². The van der Waals surface area contributed by atoms with E-state index in [1.54, 1.807) is 0 Å². The first-order valence-electron chi connectivity index (χ1n) is 7.51. The minimum absolute atomic E-state index is 0.0772. The molecule has 0 unspecified atom stereocenters. The molecule has 0 spiro atoms. The van der Waals surface area contributed by atoms with Crippen molar-refractivity contribution in [1.82, 2.24) is 0 Å². The second-order valence-electron chi connectivity index (χ2n) is 5.28. The minimum Gasteiger partial charge on any atom is -0.493 e.